The van der Waals surface area contributed by atoms with Crippen LogP contribution < -0.4 is 14.8 Å². The summed E-state index contributed by atoms with van der Waals surface area (Å²) in [6, 6.07) is 7.69. The van der Waals surface area contributed by atoms with Crippen molar-refractivity contribution in [3.63, 3.8) is 0 Å². The first-order chi connectivity index (χ1) is 11.2. The van der Waals surface area contributed by atoms with E-state index in [2.05, 4.69) is 21.2 Å². The summed E-state index contributed by atoms with van der Waals surface area (Å²) in [5, 5.41) is 4.92. The number of thiophene rings is 1. The van der Waals surface area contributed by atoms with Crippen LogP contribution in [0.2, 0.25) is 0 Å². The minimum absolute atomic E-state index is 0.109. The fraction of sp³-hybridized carbons (Fsp3) is 0.235. The normalized spacial score (nSPS) is 12.9. The number of amides is 1. The Labute approximate surface area is 147 Å². The quantitative estimate of drug-likeness (QED) is 0.834. The fourth-order valence-corrected chi connectivity index (χ4v) is 3.70. The van der Waals surface area contributed by atoms with E-state index in [9.17, 15) is 4.79 Å². The second-order valence-electron chi connectivity index (χ2n) is 4.98. The van der Waals surface area contributed by atoms with E-state index in [4.69, 9.17) is 9.47 Å². The van der Waals surface area contributed by atoms with Crippen molar-refractivity contribution in [2.75, 3.05) is 13.2 Å². The minimum atomic E-state index is -0.109. The molecule has 1 N–H and O–H groups in total. The largest absolute Gasteiger partial charge is 0.490 e. The first-order valence-corrected chi connectivity index (χ1v) is 8.95. The number of halogens is 1. The van der Waals surface area contributed by atoms with Gasteiger partial charge >= 0.3 is 0 Å². The van der Waals surface area contributed by atoms with Crippen LogP contribution in [0, 0.1) is 0 Å². The lowest BCUT2D eigenvalue weighted by Crippen LogP contribution is -2.28. The standard InChI is InChI=1S/C17H16BrNO3S/c1-2-21-15-5-3-4-11-6-12(9-22-16(11)15)17(20)19-8-14-7-13(18)10-23-14/h3-7,10H,2,8-9H2,1H3,(H,19,20). The number of fused-ring (bicyclic) bond motifs is 1. The van der Waals surface area contributed by atoms with Crippen molar-refractivity contribution in [2.45, 2.75) is 13.5 Å². The number of para-hydroxylation sites is 1. The average Bonchev–Trinajstić information content (AvgIpc) is 2.98. The van der Waals surface area contributed by atoms with Crippen molar-refractivity contribution < 1.29 is 14.3 Å². The van der Waals surface area contributed by atoms with E-state index in [0.717, 1.165) is 14.9 Å². The molecule has 4 nitrogen and oxygen atoms in total. The van der Waals surface area contributed by atoms with Gasteiger partial charge in [-0.1, -0.05) is 12.1 Å². The van der Waals surface area contributed by atoms with Crippen LogP contribution in [0.4, 0.5) is 0 Å². The van der Waals surface area contributed by atoms with Gasteiger partial charge in [-0.25, -0.2) is 0 Å². The van der Waals surface area contributed by atoms with Gasteiger partial charge in [0.05, 0.1) is 18.7 Å². The van der Waals surface area contributed by atoms with E-state index in [1.165, 1.54) is 0 Å². The van der Waals surface area contributed by atoms with Gasteiger partial charge in [0.2, 0.25) is 0 Å². The number of hydrogen-bond acceptors (Lipinski definition) is 4. The van der Waals surface area contributed by atoms with E-state index in [1.807, 2.05) is 42.6 Å². The van der Waals surface area contributed by atoms with Gasteiger partial charge in [0.1, 0.15) is 6.61 Å². The Balaban J connectivity index is 1.71. The molecule has 0 atom stereocenters. The molecule has 6 heteroatoms. The number of carbonyl (C=O) groups is 1. The smallest absolute Gasteiger partial charge is 0.250 e. The van der Waals surface area contributed by atoms with Gasteiger partial charge in [-0.15, -0.1) is 11.3 Å². The number of carbonyl (C=O) groups excluding carboxylic acids is 1. The Hall–Kier alpha value is -1.79. The van der Waals surface area contributed by atoms with E-state index < -0.39 is 0 Å². The SMILES string of the molecule is CCOc1cccc2c1OCC(C(=O)NCc1cc(Br)cs1)=C2. The molecular weight excluding hydrogens is 378 g/mol. The van der Waals surface area contributed by atoms with Crippen LogP contribution in [-0.4, -0.2) is 19.1 Å². The molecule has 1 aromatic heterocycles. The van der Waals surface area contributed by atoms with Gasteiger partial charge < -0.3 is 14.8 Å². The molecule has 3 rings (SSSR count). The van der Waals surface area contributed by atoms with Gasteiger partial charge in [-0.2, -0.15) is 0 Å². The van der Waals surface area contributed by atoms with Crippen molar-refractivity contribution >= 4 is 39.2 Å². The van der Waals surface area contributed by atoms with Crippen molar-refractivity contribution in [2.24, 2.45) is 0 Å². The maximum absolute atomic E-state index is 12.3. The number of nitrogens with one attached hydrogen (secondary N) is 1. The Morgan fingerprint density at radius 2 is 2.35 bits per heavy atom. The summed E-state index contributed by atoms with van der Waals surface area (Å²) in [4.78, 5) is 13.4. The van der Waals surface area contributed by atoms with Gasteiger partial charge in [-0.05, 0) is 41.1 Å². The third-order valence-electron chi connectivity index (χ3n) is 3.35. The highest BCUT2D eigenvalue weighted by atomic mass is 79.9. The Morgan fingerprint density at radius 1 is 1.48 bits per heavy atom. The minimum Gasteiger partial charge on any atom is -0.490 e. The lowest BCUT2D eigenvalue weighted by molar-refractivity contribution is -0.117. The molecular formula is C17H16BrNO3S. The van der Waals surface area contributed by atoms with Crippen LogP contribution in [0.15, 0.2) is 39.7 Å². The molecule has 23 heavy (non-hydrogen) atoms. The topological polar surface area (TPSA) is 47.6 Å². The molecule has 0 saturated carbocycles. The zero-order valence-electron chi connectivity index (χ0n) is 12.6. The van der Waals surface area contributed by atoms with Crippen LogP contribution in [0.1, 0.15) is 17.4 Å². The molecule has 1 aliphatic heterocycles. The van der Waals surface area contributed by atoms with Gasteiger partial charge in [0, 0.05) is 20.3 Å². The number of ether oxygens (including phenoxy) is 2. The summed E-state index contributed by atoms with van der Waals surface area (Å²) in [6.07, 6.45) is 1.86. The van der Waals surface area contributed by atoms with Crippen molar-refractivity contribution in [1.29, 1.82) is 0 Å². The summed E-state index contributed by atoms with van der Waals surface area (Å²) in [7, 11) is 0. The molecule has 0 unspecified atom stereocenters. The average molecular weight is 394 g/mol. The van der Waals surface area contributed by atoms with E-state index >= 15 is 0 Å². The monoisotopic (exact) mass is 393 g/mol. The highest BCUT2D eigenvalue weighted by Crippen LogP contribution is 2.35. The van der Waals surface area contributed by atoms with Crippen LogP contribution in [0.5, 0.6) is 11.5 Å². The zero-order chi connectivity index (χ0) is 16.2. The maximum Gasteiger partial charge on any atom is 0.250 e. The molecule has 0 saturated heterocycles. The van der Waals surface area contributed by atoms with Crippen LogP contribution in [0.3, 0.4) is 0 Å². The first-order valence-electron chi connectivity index (χ1n) is 7.27. The lowest BCUT2D eigenvalue weighted by Gasteiger charge is -2.20. The predicted octanol–water partition coefficient (Wildman–Crippen LogP) is 4.00. The van der Waals surface area contributed by atoms with Crippen LogP contribution in [0.25, 0.3) is 6.08 Å². The molecule has 0 radical (unpaired) electrons. The van der Waals surface area contributed by atoms with Crippen LogP contribution in [-0.2, 0) is 11.3 Å². The molecule has 120 valence electrons. The third-order valence-corrected chi connectivity index (χ3v) is 5.05. The highest BCUT2D eigenvalue weighted by Gasteiger charge is 2.20. The molecule has 2 aromatic rings. The molecule has 0 aliphatic carbocycles. The van der Waals surface area contributed by atoms with Crippen molar-refractivity contribution in [3.8, 4) is 11.5 Å². The number of rotatable bonds is 5. The second kappa shape index (κ2) is 7.19. The Bertz CT molecular complexity index is 754. The number of benzene rings is 1. The molecule has 0 spiro atoms. The van der Waals surface area contributed by atoms with E-state index in [1.54, 1.807) is 11.3 Å². The molecule has 1 amide bonds. The van der Waals surface area contributed by atoms with Crippen molar-refractivity contribution in [3.05, 3.63) is 50.1 Å². The van der Waals surface area contributed by atoms with Gasteiger partial charge in [-0.3, -0.25) is 4.79 Å². The second-order valence-corrected chi connectivity index (χ2v) is 6.89. The highest BCUT2D eigenvalue weighted by molar-refractivity contribution is 9.10. The predicted molar refractivity (Wildman–Crippen MR) is 94.9 cm³/mol. The molecule has 2 heterocycles. The lowest BCUT2D eigenvalue weighted by atomic mass is 10.1. The summed E-state index contributed by atoms with van der Waals surface area (Å²) < 4.78 is 12.3. The summed E-state index contributed by atoms with van der Waals surface area (Å²) in [5.74, 6) is 1.30. The molecule has 1 aromatic carbocycles. The maximum atomic E-state index is 12.3. The van der Waals surface area contributed by atoms with Gasteiger partial charge in [0.15, 0.2) is 11.5 Å². The van der Waals surface area contributed by atoms with Crippen LogP contribution >= 0.6 is 27.3 Å². The number of hydrogen-bond donors (Lipinski definition) is 1. The van der Waals surface area contributed by atoms with E-state index in [-0.39, 0.29) is 12.5 Å². The summed E-state index contributed by atoms with van der Waals surface area (Å²) >= 11 is 5.01. The molecule has 0 bridgehead atoms. The van der Waals surface area contributed by atoms with Crippen molar-refractivity contribution in [1.82, 2.24) is 5.32 Å². The zero-order valence-corrected chi connectivity index (χ0v) is 15.0. The third kappa shape index (κ3) is 3.76. The fourth-order valence-electron chi connectivity index (χ4n) is 2.31. The molecule has 1 aliphatic rings. The summed E-state index contributed by atoms with van der Waals surface area (Å²) in [6.45, 7) is 3.27. The Morgan fingerprint density at radius 3 is 3.09 bits per heavy atom. The summed E-state index contributed by atoms with van der Waals surface area (Å²) in [5.41, 5.74) is 1.48. The Kier molecular flexibility index (Phi) is 5.03. The molecule has 0 fully saturated rings. The van der Waals surface area contributed by atoms with E-state index in [0.29, 0.717) is 30.2 Å². The van der Waals surface area contributed by atoms with Gasteiger partial charge in [0.25, 0.3) is 5.91 Å². The first kappa shape index (κ1) is 16.1.